The van der Waals surface area contributed by atoms with E-state index in [0.29, 0.717) is 41.0 Å². The van der Waals surface area contributed by atoms with Crippen LogP contribution in [0.15, 0.2) is 29.9 Å². The number of carbonyl (C=O) groups excluding carboxylic acids is 1. The number of benzene rings is 2. The molecule has 0 radical (unpaired) electrons. The predicted octanol–water partition coefficient (Wildman–Crippen LogP) is 5.57. The van der Waals surface area contributed by atoms with E-state index in [9.17, 15) is 20.1 Å². The molecule has 0 bridgehead atoms. The Morgan fingerprint density at radius 1 is 1.08 bits per heavy atom. The van der Waals surface area contributed by atoms with Crippen LogP contribution in [0, 0.1) is 0 Å². The second kappa shape index (κ2) is 8.55. The van der Waals surface area contributed by atoms with E-state index in [4.69, 9.17) is 14.2 Å². The van der Waals surface area contributed by atoms with Gasteiger partial charge in [-0.3, -0.25) is 4.79 Å². The van der Waals surface area contributed by atoms with Gasteiger partial charge < -0.3 is 29.5 Å². The molecule has 7 heteroatoms. The molecule has 2 atom stereocenters. The molecular weight excluding hydrogens is 472 g/mol. The molecule has 3 heterocycles. The van der Waals surface area contributed by atoms with Crippen molar-refractivity contribution in [1.29, 1.82) is 0 Å². The number of phenols is 2. The average molecular weight is 507 g/mol. The first-order valence-corrected chi connectivity index (χ1v) is 12.6. The van der Waals surface area contributed by atoms with Gasteiger partial charge in [0.2, 0.25) is 0 Å². The molecule has 37 heavy (non-hydrogen) atoms. The van der Waals surface area contributed by atoms with Crippen molar-refractivity contribution in [3.8, 4) is 28.7 Å². The van der Waals surface area contributed by atoms with Crippen molar-refractivity contribution in [2.75, 3.05) is 0 Å². The monoisotopic (exact) mass is 506 g/mol. The number of phenolic OH excluding ortho intramolecular Hbond substituents is 2. The normalized spacial score (nSPS) is 22.5. The van der Waals surface area contributed by atoms with Gasteiger partial charge in [-0.25, -0.2) is 0 Å². The van der Waals surface area contributed by atoms with E-state index in [1.54, 1.807) is 26.0 Å². The van der Waals surface area contributed by atoms with Crippen LogP contribution in [0.5, 0.6) is 28.7 Å². The smallest absolute Gasteiger partial charge is 0.174 e. The minimum absolute atomic E-state index is 0.0551. The van der Waals surface area contributed by atoms with E-state index in [1.807, 2.05) is 39.8 Å². The van der Waals surface area contributed by atoms with Crippen LogP contribution in [0.2, 0.25) is 0 Å². The van der Waals surface area contributed by atoms with E-state index < -0.39 is 23.4 Å². The van der Waals surface area contributed by atoms with Gasteiger partial charge in [0, 0.05) is 23.6 Å². The number of carbonyl (C=O) groups is 1. The van der Waals surface area contributed by atoms with E-state index in [1.165, 1.54) is 6.07 Å². The molecule has 196 valence electrons. The van der Waals surface area contributed by atoms with E-state index >= 15 is 0 Å². The van der Waals surface area contributed by atoms with Gasteiger partial charge in [-0.2, -0.15) is 0 Å². The van der Waals surface area contributed by atoms with Gasteiger partial charge in [-0.05, 0) is 71.7 Å². The topological polar surface area (TPSA) is 105 Å². The highest BCUT2D eigenvalue weighted by molar-refractivity contribution is 6.05. The number of hydrogen-bond acceptors (Lipinski definition) is 7. The Hall–Kier alpha value is -3.45. The molecule has 2 aromatic rings. The molecule has 0 saturated heterocycles. The summed E-state index contributed by atoms with van der Waals surface area (Å²) in [5.74, 6) is 0.768. The number of ether oxygens (including phenoxy) is 3. The first-order valence-electron chi connectivity index (χ1n) is 12.6. The summed E-state index contributed by atoms with van der Waals surface area (Å²) >= 11 is 0. The Labute approximate surface area is 217 Å². The number of aliphatic hydroxyl groups is 1. The molecule has 0 aliphatic carbocycles. The fourth-order valence-corrected chi connectivity index (χ4v) is 5.08. The van der Waals surface area contributed by atoms with Gasteiger partial charge in [-0.15, -0.1) is 0 Å². The van der Waals surface area contributed by atoms with Crippen molar-refractivity contribution in [1.82, 2.24) is 0 Å². The molecule has 0 fully saturated rings. The minimum Gasteiger partial charge on any atom is -0.507 e. The molecule has 3 N–H and O–H groups in total. The SMILES string of the molecule is CC(C)=CCc1c2c(c(O)c3c1OC(c1cc4c(cc1O)OC(C)(C)C(O)C4)CC3=O)C=CC(C)(C)O2. The number of hydrogen-bond donors (Lipinski definition) is 3. The van der Waals surface area contributed by atoms with E-state index in [0.717, 1.165) is 11.1 Å². The molecule has 0 aromatic heterocycles. The lowest BCUT2D eigenvalue weighted by molar-refractivity contribution is -0.0413. The average Bonchev–Trinajstić information content (AvgIpc) is 2.78. The zero-order chi connectivity index (χ0) is 26.9. The lowest BCUT2D eigenvalue weighted by Gasteiger charge is -2.38. The van der Waals surface area contributed by atoms with Gasteiger partial charge in [0.15, 0.2) is 5.78 Å². The highest BCUT2D eigenvalue weighted by atomic mass is 16.5. The van der Waals surface area contributed by atoms with E-state index in [-0.39, 0.29) is 35.0 Å². The number of aliphatic hydroxyl groups excluding tert-OH is 1. The first kappa shape index (κ1) is 25.2. The summed E-state index contributed by atoms with van der Waals surface area (Å²) in [5, 5.41) is 32.6. The Morgan fingerprint density at radius 2 is 1.81 bits per heavy atom. The van der Waals surface area contributed by atoms with Gasteiger partial charge in [0.1, 0.15) is 51.6 Å². The quantitative estimate of drug-likeness (QED) is 0.467. The first-order chi connectivity index (χ1) is 17.3. The summed E-state index contributed by atoms with van der Waals surface area (Å²) in [6.45, 7) is 11.4. The van der Waals surface area contributed by atoms with Gasteiger partial charge in [0.05, 0.1) is 18.1 Å². The van der Waals surface area contributed by atoms with Crippen LogP contribution in [-0.4, -0.2) is 38.4 Å². The number of aromatic hydroxyl groups is 2. The van der Waals surface area contributed by atoms with Crippen molar-refractivity contribution in [2.45, 2.75) is 84.2 Å². The Kier molecular flexibility index (Phi) is 5.83. The molecule has 5 rings (SSSR count). The third kappa shape index (κ3) is 4.35. The maximum absolute atomic E-state index is 13.5. The molecule has 3 aliphatic heterocycles. The number of fused-ring (bicyclic) bond motifs is 3. The molecule has 7 nitrogen and oxygen atoms in total. The maximum atomic E-state index is 13.5. The zero-order valence-electron chi connectivity index (χ0n) is 22.1. The molecular formula is C30H34O7. The fourth-order valence-electron chi connectivity index (χ4n) is 5.08. The molecule has 2 aromatic carbocycles. The fraction of sp³-hybridized carbons (Fsp3) is 0.433. The summed E-state index contributed by atoms with van der Waals surface area (Å²) in [5.41, 5.74) is 2.15. The summed E-state index contributed by atoms with van der Waals surface area (Å²) in [7, 11) is 0. The third-order valence-corrected chi connectivity index (χ3v) is 7.30. The largest absolute Gasteiger partial charge is 0.507 e. The lowest BCUT2D eigenvalue weighted by Crippen LogP contribution is -2.46. The van der Waals surface area contributed by atoms with Crippen molar-refractivity contribution in [2.24, 2.45) is 0 Å². The summed E-state index contributed by atoms with van der Waals surface area (Å²) in [6.07, 6.45) is 4.90. The number of Topliss-reactive ketones (excluding diaryl/α,β-unsaturated/α-hetero) is 1. The van der Waals surface area contributed by atoms with Crippen molar-refractivity contribution in [3.05, 3.63) is 57.7 Å². The predicted molar refractivity (Wildman–Crippen MR) is 140 cm³/mol. The third-order valence-electron chi connectivity index (χ3n) is 7.30. The summed E-state index contributed by atoms with van der Waals surface area (Å²) < 4.78 is 18.6. The Bertz CT molecular complexity index is 1360. The van der Waals surface area contributed by atoms with E-state index in [2.05, 4.69) is 0 Å². The Morgan fingerprint density at radius 3 is 2.51 bits per heavy atom. The van der Waals surface area contributed by atoms with Crippen LogP contribution in [0.3, 0.4) is 0 Å². The molecule has 0 amide bonds. The van der Waals surface area contributed by atoms with Crippen LogP contribution in [-0.2, 0) is 12.8 Å². The van der Waals surface area contributed by atoms with Gasteiger partial charge >= 0.3 is 0 Å². The number of rotatable bonds is 3. The van der Waals surface area contributed by atoms with Crippen LogP contribution in [0.25, 0.3) is 6.08 Å². The maximum Gasteiger partial charge on any atom is 0.174 e. The molecule has 0 saturated carbocycles. The standard InChI is InChI=1S/C30H34O7/c1-15(2)7-8-18-27-17(9-10-29(3,4)37-27)26(34)25-21(32)14-23(35-28(18)25)19-11-16-12-24(33)30(5,6)36-22(16)13-20(19)31/h7,9-11,13,23-24,31,33-34H,8,12,14H2,1-6H3. The number of allylic oxidation sites excluding steroid dienone is 2. The Balaban J connectivity index is 1.63. The second-order valence-corrected chi connectivity index (χ2v) is 11.5. The second-order valence-electron chi connectivity index (χ2n) is 11.5. The van der Waals surface area contributed by atoms with Crippen molar-refractivity contribution >= 4 is 11.9 Å². The molecule has 0 spiro atoms. The van der Waals surface area contributed by atoms with Gasteiger partial charge in [0.25, 0.3) is 0 Å². The van der Waals surface area contributed by atoms with Gasteiger partial charge in [-0.1, -0.05) is 11.6 Å². The van der Waals surface area contributed by atoms with Crippen LogP contribution < -0.4 is 14.2 Å². The lowest BCUT2D eigenvalue weighted by atomic mass is 9.86. The molecule has 3 aliphatic rings. The van der Waals surface area contributed by atoms with Crippen molar-refractivity contribution < 1.29 is 34.3 Å². The summed E-state index contributed by atoms with van der Waals surface area (Å²) in [4.78, 5) is 13.5. The van der Waals surface area contributed by atoms with Crippen LogP contribution in [0.1, 0.15) is 86.7 Å². The highest BCUT2D eigenvalue weighted by Gasteiger charge is 2.40. The van der Waals surface area contributed by atoms with Crippen molar-refractivity contribution in [3.63, 3.8) is 0 Å². The zero-order valence-corrected chi connectivity index (χ0v) is 22.1. The minimum atomic E-state index is -0.785. The van der Waals surface area contributed by atoms with Crippen LogP contribution in [0.4, 0.5) is 0 Å². The highest BCUT2D eigenvalue weighted by Crippen LogP contribution is 2.52. The summed E-state index contributed by atoms with van der Waals surface area (Å²) in [6, 6.07) is 3.26. The number of ketones is 1. The van der Waals surface area contributed by atoms with Crippen LogP contribution >= 0.6 is 0 Å². The molecule has 2 unspecified atom stereocenters.